The maximum absolute atomic E-state index is 9.52. The van der Waals surface area contributed by atoms with Crippen LogP contribution < -0.4 is 15.2 Å². The van der Waals surface area contributed by atoms with Crippen LogP contribution in [0.25, 0.3) is 22.2 Å². The Morgan fingerprint density at radius 2 is 1.74 bits per heavy atom. The quantitative estimate of drug-likeness (QED) is 0.765. The Bertz CT molecular complexity index is 899. The average molecular weight is 332 g/mol. The highest BCUT2D eigenvalue weighted by molar-refractivity contribution is 6.33. The third kappa shape index (κ3) is 2.68. The lowest BCUT2D eigenvalue weighted by atomic mass is 10.1. The van der Waals surface area contributed by atoms with E-state index in [1.54, 1.807) is 32.4 Å². The van der Waals surface area contributed by atoms with Gasteiger partial charge in [0.25, 0.3) is 0 Å². The smallest absolute Gasteiger partial charge is 0.221 e. The highest BCUT2D eigenvalue weighted by Crippen LogP contribution is 2.38. The molecule has 3 N–H and O–H groups in total. The molecule has 23 heavy (non-hydrogen) atoms. The molecule has 3 aromatic rings. The van der Waals surface area contributed by atoms with Gasteiger partial charge in [0, 0.05) is 17.0 Å². The van der Waals surface area contributed by atoms with Gasteiger partial charge in [-0.15, -0.1) is 0 Å². The molecule has 0 fully saturated rings. The summed E-state index contributed by atoms with van der Waals surface area (Å²) in [5.41, 5.74) is 7.61. The fraction of sp³-hybridized carbons (Fsp3) is 0.125. The van der Waals surface area contributed by atoms with Gasteiger partial charge in [-0.2, -0.15) is 0 Å². The fourth-order valence-electron chi connectivity index (χ4n) is 2.37. The predicted octanol–water partition coefficient (Wildman–Crippen LogP) is 3.26. The highest BCUT2D eigenvalue weighted by Gasteiger charge is 2.15. The van der Waals surface area contributed by atoms with Crippen LogP contribution in [0.2, 0.25) is 5.02 Å². The molecule has 7 heteroatoms. The average Bonchev–Trinajstić information content (AvgIpc) is 2.53. The zero-order valence-corrected chi connectivity index (χ0v) is 13.3. The van der Waals surface area contributed by atoms with Crippen LogP contribution in [0.4, 0.5) is 5.95 Å². The number of halogens is 1. The first-order valence-electron chi connectivity index (χ1n) is 6.71. The van der Waals surface area contributed by atoms with Gasteiger partial charge >= 0.3 is 0 Å². The molecule has 0 atom stereocenters. The summed E-state index contributed by atoms with van der Waals surface area (Å²) in [6.45, 7) is 0. The Hall–Kier alpha value is -2.73. The van der Waals surface area contributed by atoms with E-state index in [1.165, 1.54) is 12.1 Å². The van der Waals surface area contributed by atoms with E-state index >= 15 is 0 Å². The molecule has 6 nitrogen and oxygen atoms in total. The topological polar surface area (TPSA) is 90.5 Å². The zero-order chi connectivity index (χ0) is 16.6. The van der Waals surface area contributed by atoms with Gasteiger partial charge in [-0.3, -0.25) is 0 Å². The van der Waals surface area contributed by atoms with Gasteiger partial charge < -0.3 is 20.3 Å². The number of hydrogen-bond acceptors (Lipinski definition) is 6. The molecule has 0 spiro atoms. The Balaban J connectivity index is 2.35. The number of ether oxygens (including phenoxy) is 2. The Morgan fingerprint density at radius 3 is 2.39 bits per heavy atom. The summed E-state index contributed by atoms with van der Waals surface area (Å²) in [6.07, 6.45) is 0. The summed E-state index contributed by atoms with van der Waals surface area (Å²) in [5, 5.41) is 10.6. The lowest BCUT2D eigenvalue weighted by molar-refractivity contribution is 0.356. The molecule has 0 aliphatic heterocycles. The number of nitrogens with zero attached hydrogens (tertiary/aromatic N) is 2. The number of methoxy groups -OCH3 is 2. The van der Waals surface area contributed by atoms with Crippen molar-refractivity contribution in [2.24, 2.45) is 0 Å². The third-order valence-electron chi connectivity index (χ3n) is 3.43. The van der Waals surface area contributed by atoms with Crippen molar-refractivity contribution in [2.75, 3.05) is 20.0 Å². The van der Waals surface area contributed by atoms with Crippen LogP contribution in [0.15, 0.2) is 30.3 Å². The van der Waals surface area contributed by atoms with Gasteiger partial charge in [-0.1, -0.05) is 11.6 Å². The largest absolute Gasteiger partial charge is 0.508 e. The molecular weight excluding hydrogens is 318 g/mol. The van der Waals surface area contributed by atoms with Gasteiger partial charge in [0.1, 0.15) is 5.75 Å². The number of benzene rings is 2. The molecule has 0 unspecified atom stereocenters. The molecule has 2 aromatic carbocycles. The number of nitrogen functional groups attached to an aromatic ring is 1. The summed E-state index contributed by atoms with van der Waals surface area (Å²) in [6, 6.07) is 8.15. The SMILES string of the molecule is COc1cc2nc(N)nc(-c3ccc(O)cc3Cl)c2cc1OC. The Kier molecular flexibility index (Phi) is 3.83. The van der Waals surface area contributed by atoms with E-state index in [-0.39, 0.29) is 11.7 Å². The van der Waals surface area contributed by atoms with Crippen LogP contribution >= 0.6 is 11.6 Å². The van der Waals surface area contributed by atoms with Crippen molar-refractivity contribution in [3.63, 3.8) is 0 Å². The van der Waals surface area contributed by atoms with E-state index < -0.39 is 0 Å². The molecule has 3 rings (SSSR count). The van der Waals surface area contributed by atoms with E-state index in [9.17, 15) is 5.11 Å². The van der Waals surface area contributed by atoms with E-state index in [4.69, 9.17) is 26.8 Å². The number of anilines is 1. The normalized spacial score (nSPS) is 10.7. The molecule has 1 aromatic heterocycles. The van der Waals surface area contributed by atoms with Crippen LogP contribution in [0, 0.1) is 0 Å². The molecule has 0 saturated heterocycles. The first-order chi connectivity index (χ1) is 11.0. The number of hydrogen-bond donors (Lipinski definition) is 2. The second kappa shape index (κ2) is 5.81. The maximum atomic E-state index is 9.52. The Morgan fingerprint density at radius 1 is 1.04 bits per heavy atom. The van der Waals surface area contributed by atoms with Gasteiger partial charge in [0.05, 0.1) is 30.5 Å². The molecule has 0 bridgehead atoms. The summed E-state index contributed by atoms with van der Waals surface area (Å²) in [5.74, 6) is 1.28. The zero-order valence-electron chi connectivity index (χ0n) is 12.5. The molecule has 118 valence electrons. The minimum Gasteiger partial charge on any atom is -0.508 e. The van der Waals surface area contributed by atoms with Gasteiger partial charge in [-0.25, -0.2) is 9.97 Å². The number of aromatic hydroxyl groups is 1. The van der Waals surface area contributed by atoms with E-state index in [2.05, 4.69) is 9.97 Å². The number of rotatable bonds is 3. The van der Waals surface area contributed by atoms with Gasteiger partial charge in [-0.05, 0) is 24.3 Å². The van der Waals surface area contributed by atoms with Crippen molar-refractivity contribution >= 4 is 28.5 Å². The molecule has 0 saturated carbocycles. The lowest BCUT2D eigenvalue weighted by Crippen LogP contribution is -2.00. The highest BCUT2D eigenvalue weighted by atomic mass is 35.5. The summed E-state index contributed by atoms with van der Waals surface area (Å²) < 4.78 is 10.6. The second-order valence-corrected chi connectivity index (χ2v) is 5.23. The third-order valence-corrected chi connectivity index (χ3v) is 3.74. The van der Waals surface area contributed by atoms with Crippen LogP contribution in [0.3, 0.4) is 0 Å². The van der Waals surface area contributed by atoms with Gasteiger partial charge in [0.15, 0.2) is 11.5 Å². The first kappa shape index (κ1) is 15.2. The van der Waals surface area contributed by atoms with Crippen LogP contribution in [0.1, 0.15) is 0 Å². The molecular formula is C16H14ClN3O3. The predicted molar refractivity (Wildman–Crippen MR) is 89.2 cm³/mol. The number of phenolic OH excluding ortho intramolecular Hbond substituents is 1. The van der Waals surface area contributed by atoms with Gasteiger partial charge in [0.2, 0.25) is 5.95 Å². The lowest BCUT2D eigenvalue weighted by Gasteiger charge is -2.12. The number of phenols is 1. The first-order valence-corrected chi connectivity index (χ1v) is 7.09. The minimum absolute atomic E-state index is 0.0735. The van der Waals surface area contributed by atoms with E-state index in [0.717, 1.165) is 0 Å². The summed E-state index contributed by atoms with van der Waals surface area (Å²) >= 11 is 6.23. The van der Waals surface area contributed by atoms with E-state index in [0.29, 0.717) is 38.7 Å². The maximum Gasteiger partial charge on any atom is 0.221 e. The minimum atomic E-state index is 0.0735. The molecule has 0 aliphatic rings. The molecule has 0 aliphatic carbocycles. The summed E-state index contributed by atoms with van der Waals surface area (Å²) in [7, 11) is 3.10. The van der Waals surface area contributed by atoms with Crippen molar-refractivity contribution in [3.8, 4) is 28.5 Å². The van der Waals surface area contributed by atoms with Crippen molar-refractivity contribution in [3.05, 3.63) is 35.4 Å². The monoisotopic (exact) mass is 331 g/mol. The number of nitrogens with two attached hydrogens (primary N) is 1. The van der Waals surface area contributed by atoms with Crippen molar-refractivity contribution in [1.29, 1.82) is 0 Å². The molecule has 0 amide bonds. The van der Waals surface area contributed by atoms with Crippen molar-refractivity contribution < 1.29 is 14.6 Å². The second-order valence-electron chi connectivity index (χ2n) is 4.82. The van der Waals surface area contributed by atoms with Crippen LogP contribution in [-0.2, 0) is 0 Å². The summed E-state index contributed by atoms with van der Waals surface area (Å²) in [4.78, 5) is 8.53. The molecule has 0 radical (unpaired) electrons. The number of aromatic nitrogens is 2. The van der Waals surface area contributed by atoms with Crippen LogP contribution in [0.5, 0.6) is 17.2 Å². The van der Waals surface area contributed by atoms with Crippen molar-refractivity contribution in [2.45, 2.75) is 0 Å². The standard InChI is InChI=1S/C16H14ClN3O3/c1-22-13-6-10-12(7-14(13)23-2)19-16(18)20-15(10)9-4-3-8(21)5-11(9)17/h3-7,21H,1-2H3,(H2,18,19,20). The van der Waals surface area contributed by atoms with Crippen molar-refractivity contribution in [1.82, 2.24) is 9.97 Å². The van der Waals surface area contributed by atoms with Crippen LogP contribution in [-0.4, -0.2) is 29.3 Å². The Labute approximate surface area is 137 Å². The molecule has 1 heterocycles. The number of fused-ring (bicyclic) bond motifs is 1. The fourth-order valence-corrected chi connectivity index (χ4v) is 2.64. The van der Waals surface area contributed by atoms with E-state index in [1.807, 2.05) is 0 Å².